The predicted octanol–water partition coefficient (Wildman–Crippen LogP) is 0.930. The van der Waals surface area contributed by atoms with E-state index in [9.17, 15) is 0 Å². The van der Waals surface area contributed by atoms with Crippen molar-refractivity contribution in [3.05, 3.63) is 12.2 Å². The van der Waals surface area contributed by atoms with Crippen molar-refractivity contribution in [3.63, 3.8) is 0 Å². The average Bonchev–Trinajstić information content (AvgIpc) is 2.78. The first-order valence-corrected chi connectivity index (χ1v) is 6.35. The third kappa shape index (κ3) is 3.26. The van der Waals surface area contributed by atoms with E-state index in [1.807, 2.05) is 0 Å². The molecule has 5 nitrogen and oxygen atoms in total. The van der Waals surface area contributed by atoms with E-state index in [0.29, 0.717) is 18.0 Å². The zero-order valence-electron chi connectivity index (χ0n) is 10.9. The van der Waals surface area contributed by atoms with Gasteiger partial charge in [0.25, 0.3) is 0 Å². The second kappa shape index (κ2) is 5.60. The maximum absolute atomic E-state index is 4.71. The van der Waals surface area contributed by atoms with Gasteiger partial charge < -0.3 is 14.7 Å². The van der Waals surface area contributed by atoms with E-state index >= 15 is 0 Å². The summed E-state index contributed by atoms with van der Waals surface area (Å²) in [6.07, 6.45) is 3.43. The molecule has 1 saturated heterocycles. The summed E-state index contributed by atoms with van der Waals surface area (Å²) in [6, 6.07) is 1.27. The van der Waals surface area contributed by atoms with Gasteiger partial charge >= 0.3 is 0 Å². The molecule has 0 saturated carbocycles. The van der Waals surface area contributed by atoms with Crippen LogP contribution in [-0.2, 0) is 6.42 Å². The average molecular weight is 238 g/mol. The quantitative estimate of drug-likeness (QED) is 0.845. The van der Waals surface area contributed by atoms with Crippen LogP contribution in [0.3, 0.4) is 0 Å². The van der Waals surface area contributed by atoms with Gasteiger partial charge in [0.05, 0.1) is 0 Å². The Labute approximate surface area is 103 Å². The Morgan fingerprint density at radius 2 is 2.35 bits per heavy atom. The molecule has 0 aromatic carbocycles. The van der Waals surface area contributed by atoms with Crippen molar-refractivity contribution in [2.75, 3.05) is 20.1 Å². The second-order valence-corrected chi connectivity index (χ2v) is 5.16. The lowest BCUT2D eigenvalue weighted by Crippen LogP contribution is -2.51. The van der Waals surface area contributed by atoms with Crippen molar-refractivity contribution >= 4 is 0 Å². The van der Waals surface area contributed by atoms with E-state index in [0.717, 1.165) is 18.8 Å². The van der Waals surface area contributed by atoms with E-state index < -0.39 is 0 Å². The molecule has 3 atom stereocenters. The van der Waals surface area contributed by atoms with Crippen molar-refractivity contribution in [3.8, 4) is 0 Å². The molecule has 1 aromatic rings. The van der Waals surface area contributed by atoms with Crippen LogP contribution in [0.5, 0.6) is 0 Å². The van der Waals surface area contributed by atoms with Gasteiger partial charge in [-0.25, -0.2) is 0 Å². The second-order valence-electron chi connectivity index (χ2n) is 5.16. The van der Waals surface area contributed by atoms with Gasteiger partial charge in [-0.3, -0.25) is 0 Å². The van der Waals surface area contributed by atoms with E-state index in [1.54, 1.807) is 0 Å². The third-order valence-corrected chi connectivity index (χ3v) is 3.77. The van der Waals surface area contributed by atoms with E-state index in [4.69, 9.17) is 4.52 Å². The first-order valence-electron chi connectivity index (χ1n) is 6.35. The van der Waals surface area contributed by atoms with E-state index in [1.165, 1.54) is 19.4 Å². The minimum absolute atomic E-state index is 0.605. The third-order valence-electron chi connectivity index (χ3n) is 3.77. The monoisotopic (exact) mass is 238 g/mol. The van der Waals surface area contributed by atoms with Gasteiger partial charge in [0.1, 0.15) is 0 Å². The van der Waals surface area contributed by atoms with Gasteiger partial charge in [0.15, 0.2) is 5.82 Å². The summed E-state index contributed by atoms with van der Waals surface area (Å²) in [5.41, 5.74) is 0. The van der Waals surface area contributed by atoms with Gasteiger partial charge in [-0.1, -0.05) is 12.1 Å². The summed E-state index contributed by atoms with van der Waals surface area (Å²) < 4.78 is 4.71. The van der Waals surface area contributed by atoms with E-state index in [2.05, 4.69) is 41.3 Å². The molecule has 1 aliphatic heterocycles. The molecular formula is C12H22N4O. The van der Waals surface area contributed by atoms with Crippen molar-refractivity contribution in [2.45, 2.75) is 38.8 Å². The van der Waals surface area contributed by atoms with Crippen LogP contribution >= 0.6 is 0 Å². The highest BCUT2D eigenvalue weighted by Crippen LogP contribution is 2.20. The Morgan fingerprint density at radius 3 is 3.06 bits per heavy atom. The van der Waals surface area contributed by atoms with Crippen LogP contribution in [0.2, 0.25) is 0 Å². The highest BCUT2D eigenvalue weighted by atomic mass is 16.5. The number of rotatable bonds is 4. The van der Waals surface area contributed by atoms with Crippen molar-refractivity contribution in [1.82, 2.24) is 20.4 Å². The molecule has 0 aliphatic carbocycles. The largest absolute Gasteiger partial charge is 0.343 e. The lowest BCUT2D eigenvalue weighted by Gasteiger charge is -2.40. The van der Waals surface area contributed by atoms with Crippen molar-refractivity contribution in [2.24, 2.45) is 5.92 Å². The van der Waals surface area contributed by atoms with Crippen LogP contribution < -0.4 is 5.32 Å². The predicted molar refractivity (Wildman–Crippen MR) is 65.7 cm³/mol. The smallest absolute Gasteiger partial charge is 0.213 e. The number of piperidine rings is 1. The number of likely N-dealkylation sites (tertiary alicyclic amines) is 1. The fourth-order valence-corrected chi connectivity index (χ4v) is 2.50. The van der Waals surface area contributed by atoms with Crippen LogP contribution in [0.1, 0.15) is 26.1 Å². The maximum Gasteiger partial charge on any atom is 0.213 e. The first-order chi connectivity index (χ1) is 8.16. The molecular weight excluding hydrogens is 216 g/mol. The zero-order chi connectivity index (χ0) is 12.3. The minimum atomic E-state index is 0.605. The Balaban J connectivity index is 1.75. The van der Waals surface area contributed by atoms with Crippen LogP contribution in [0, 0.1) is 5.92 Å². The normalized spacial score (nSPS) is 30.6. The Morgan fingerprint density at radius 1 is 1.53 bits per heavy atom. The van der Waals surface area contributed by atoms with Crippen LogP contribution in [-0.4, -0.2) is 47.3 Å². The number of hydrogen-bond donors (Lipinski definition) is 1. The molecule has 3 unspecified atom stereocenters. The van der Waals surface area contributed by atoms with Crippen LogP contribution in [0.25, 0.3) is 0 Å². The molecule has 17 heavy (non-hydrogen) atoms. The lowest BCUT2D eigenvalue weighted by atomic mass is 9.90. The number of nitrogens with one attached hydrogen (secondary N) is 1. The topological polar surface area (TPSA) is 54.2 Å². The SMILES string of the molecule is CC1CN(C)C(C)CC1NCCc1ncon1. The lowest BCUT2D eigenvalue weighted by molar-refractivity contribution is 0.122. The molecule has 1 aromatic heterocycles. The highest BCUT2D eigenvalue weighted by molar-refractivity contribution is 4.87. The van der Waals surface area contributed by atoms with Gasteiger partial charge in [-0.15, -0.1) is 0 Å². The van der Waals surface area contributed by atoms with Gasteiger partial charge in [0.2, 0.25) is 6.39 Å². The molecule has 2 heterocycles. The summed E-state index contributed by atoms with van der Waals surface area (Å²) in [5, 5.41) is 7.42. The number of hydrogen-bond acceptors (Lipinski definition) is 5. The Bertz CT molecular complexity index is 327. The summed E-state index contributed by atoms with van der Waals surface area (Å²) in [5.74, 6) is 1.48. The molecule has 0 amide bonds. The van der Waals surface area contributed by atoms with Gasteiger partial charge in [-0.05, 0) is 26.3 Å². The summed E-state index contributed by atoms with van der Waals surface area (Å²) in [4.78, 5) is 6.45. The van der Waals surface area contributed by atoms with Crippen molar-refractivity contribution < 1.29 is 4.52 Å². The molecule has 96 valence electrons. The fourth-order valence-electron chi connectivity index (χ4n) is 2.50. The first kappa shape index (κ1) is 12.5. The summed E-state index contributed by atoms with van der Waals surface area (Å²) >= 11 is 0. The molecule has 5 heteroatoms. The highest BCUT2D eigenvalue weighted by Gasteiger charge is 2.28. The summed E-state index contributed by atoms with van der Waals surface area (Å²) in [7, 11) is 2.21. The number of aromatic nitrogens is 2. The van der Waals surface area contributed by atoms with Gasteiger partial charge in [-0.2, -0.15) is 4.98 Å². The molecule has 1 aliphatic rings. The zero-order valence-corrected chi connectivity index (χ0v) is 10.9. The van der Waals surface area contributed by atoms with Gasteiger partial charge in [0, 0.05) is 31.6 Å². The fraction of sp³-hybridized carbons (Fsp3) is 0.833. The molecule has 0 bridgehead atoms. The van der Waals surface area contributed by atoms with Crippen LogP contribution in [0.15, 0.2) is 10.9 Å². The standard InChI is InChI=1S/C12H22N4O/c1-9-7-16(3)10(2)6-11(9)13-5-4-12-14-8-17-15-12/h8-11,13H,4-7H2,1-3H3. The Hall–Kier alpha value is -0.940. The summed E-state index contributed by atoms with van der Waals surface area (Å²) in [6.45, 7) is 6.69. The Kier molecular flexibility index (Phi) is 4.12. The van der Waals surface area contributed by atoms with Crippen molar-refractivity contribution in [1.29, 1.82) is 0 Å². The molecule has 2 rings (SSSR count). The molecule has 0 spiro atoms. The molecule has 0 radical (unpaired) electrons. The maximum atomic E-state index is 4.71. The number of nitrogens with zero attached hydrogens (tertiary/aromatic N) is 3. The molecule has 1 N–H and O–H groups in total. The van der Waals surface area contributed by atoms with Crippen LogP contribution in [0.4, 0.5) is 0 Å². The molecule has 1 fully saturated rings. The minimum Gasteiger partial charge on any atom is -0.343 e. The van der Waals surface area contributed by atoms with E-state index in [-0.39, 0.29) is 0 Å².